The molecule has 0 unspecified atom stereocenters. The van der Waals surface area contributed by atoms with E-state index in [4.69, 9.17) is 9.47 Å². The van der Waals surface area contributed by atoms with E-state index in [1.54, 1.807) is 23.1 Å². The highest BCUT2D eigenvalue weighted by Crippen LogP contribution is 2.33. The molecule has 0 aliphatic carbocycles. The minimum Gasteiger partial charge on any atom is -0.490 e. The normalized spacial score (nSPS) is 14.5. The zero-order valence-electron chi connectivity index (χ0n) is 28.1. The highest BCUT2D eigenvalue weighted by Gasteiger charge is 2.30. The third-order valence-corrected chi connectivity index (χ3v) is 7.61. The van der Waals surface area contributed by atoms with Gasteiger partial charge in [0, 0.05) is 25.6 Å². The van der Waals surface area contributed by atoms with Crippen molar-refractivity contribution in [3.05, 3.63) is 119 Å². The number of benzene rings is 4. The molecule has 11 heteroatoms. The number of rotatable bonds is 9. The van der Waals surface area contributed by atoms with Gasteiger partial charge in [-0.2, -0.15) is 13.2 Å². The lowest BCUT2D eigenvalue weighted by Gasteiger charge is -2.30. The van der Waals surface area contributed by atoms with E-state index in [2.05, 4.69) is 49.4 Å². The van der Waals surface area contributed by atoms with Gasteiger partial charge in [-0.25, -0.2) is 0 Å². The number of carbonyl (C=O) groups is 2. The number of fused-ring (bicyclic) bond motifs is 1. The Balaban J connectivity index is 0.000000254. The smallest absolute Gasteiger partial charge is 0.416 e. The van der Waals surface area contributed by atoms with Crippen molar-refractivity contribution in [3.8, 4) is 17.2 Å². The van der Waals surface area contributed by atoms with Crippen LogP contribution in [0.2, 0.25) is 0 Å². The lowest BCUT2D eigenvalue weighted by atomic mass is 10.1. The maximum absolute atomic E-state index is 12.9. The molecule has 2 N–H and O–H groups in total. The highest BCUT2D eigenvalue weighted by molar-refractivity contribution is 6.01. The predicted molar refractivity (Wildman–Crippen MR) is 183 cm³/mol. The van der Waals surface area contributed by atoms with E-state index in [1.807, 2.05) is 37.3 Å². The molecule has 49 heavy (non-hydrogen) atoms. The molecular formula is C38H42F3N3O5. The molecule has 1 atom stereocenters. The van der Waals surface area contributed by atoms with Gasteiger partial charge >= 0.3 is 6.18 Å². The summed E-state index contributed by atoms with van der Waals surface area (Å²) in [7, 11) is 4.13. The molecule has 0 saturated heterocycles. The molecule has 8 nitrogen and oxygen atoms in total. The van der Waals surface area contributed by atoms with Crippen LogP contribution in [-0.4, -0.2) is 67.1 Å². The van der Waals surface area contributed by atoms with Crippen LogP contribution in [0.5, 0.6) is 17.2 Å². The number of anilines is 1. The summed E-state index contributed by atoms with van der Waals surface area (Å²) in [5.41, 5.74) is 2.65. The Hall–Kier alpha value is -4.87. The number of ether oxygens (including phenoxy) is 2. The first-order chi connectivity index (χ1) is 23.3. The summed E-state index contributed by atoms with van der Waals surface area (Å²) >= 11 is 0. The van der Waals surface area contributed by atoms with E-state index in [1.165, 1.54) is 17.7 Å². The van der Waals surface area contributed by atoms with E-state index in [-0.39, 0.29) is 42.7 Å². The average molecular weight is 678 g/mol. The minimum atomic E-state index is -4.44. The number of aryl methyl sites for hydroxylation is 1. The van der Waals surface area contributed by atoms with Gasteiger partial charge in [-0.1, -0.05) is 55.5 Å². The van der Waals surface area contributed by atoms with Crippen LogP contribution in [0.25, 0.3) is 0 Å². The topological polar surface area (TPSA) is 91.3 Å². The first kappa shape index (κ1) is 37.0. The quantitative estimate of drug-likeness (QED) is 0.195. The highest BCUT2D eigenvalue weighted by atomic mass is 19.4. The molecule has 1 aliphatic rings. The fourth-order valence-electron chi connectivity index (χ4n) is 5.20. The van der Waals surface area contributed by atoms with Gasteiger partial charge < -0.3 is 29.7 Å². The van der Waals surface area contributed by atoms with Crippen LogP contribution in [0.4, 0.5) is 18.9 Å². The number of halogens is 3. The molecule has 260 valence electrons. The Bertz CT molecular complexity index is 1690. The second-order valence-corrected chi connectivity index (χ2v) is 12.2. The molecule has 0 spiro atoms. The van der Waals surface area contributed by atoms with Crippen molar-refractivity contribution in [2.45, 2.75) is 33.0 Å². The summed E-state index contributed by atoms with van der Waals surface area (Å²) in [6.07, 6.45) is -4.57. The summed E-state index contributed by atoms with van der Waals surface area (Å²) in [4.78, 5) is 29.1. The van der Waals surface area contributed by atoms with Crippen LogP contribution < -0.4 is 14.8 Å². The van der Waals surface area contributed by atoms with Gasteiger partial charge in [-0.15, -0.1) is 0 Å². The fourth-order valence-corrected chi connectivity index (χ4v) is 5.20. The SMILES string of the molecule is C[C@H]1COc2c(NC(=O)Cc3ccc(C(F)(F)F)cc3)cccc2C(=O)N(CCO)C1.Cc1ccccc1Oc1ccc(CN(C)C)cc1. The number of aliphatic hydroxyl groups is 1. The number of hydrogen-bond donors (Lipinski definition) is 2. The molecule has 1 heterocycles. The van der Waals surface area contributed by atoms with Crippen molar-refractivity contribution in [1.29, 1.82) is 0 Å². The van der Waals surface area contributed by atoms with E-state index in [0.29, 0.717) is 24.4 Å². The number of nitrogens with zero attached hydrogens (tertiary/aromatic N) is 2. The predicted octanol–water partition coefficient (Wildman–Crippen LogP) is 7.20. The number of β-amino-alcohol motifs (C(OH)–C–C–N with tert-alkyl or cyclic N) is 1. The van der Waals surface area contributed by atoms with Gasteiger partial charge in [0.2, 0.25) is 5.91 Å². The summed E-state index contributed by atoms with van der Waals surface area (Å²) in [6, 6.07) is 25.5. The molecule has 0 bridgehead atoms. The molecule has 0 aromatic heterocycles. The monoisotopic (exact) mass is 677 g/mol. The maximum atomic E-state index is 12.9. The molecule has 0 radical (unpaired) electrons. The second kappa shape index (κ2) is 17.0. The van der Waals surface area contributed by atoms with Crippen LogP contribution in [0.1, 0.15) is 39.5 Å². The van der Waals surface area contributed by atoms with Gasteiger partial charge in [-0.3, -0.25) is 9.59 Å². The third-order valence-electron chi connectivity index (χ3n) is 7.61. The number of alkyl halides is 3. The van der Waals surface area contributed by atoms with Gasteiger partial charge in [0.1, 0.15) is 11.5 Å². The number of amides is 2. The average Bonchev–Trinajstić information content (AvgIpc) is 3.05. The largest absolute Gasteiger partial charge is 0.490 e. The van der Waals surface area contributed by atoms with Crippen LogP contribution in [0, 0.1) is 12.8 Å². The first-order valence-electron chi connectivity index (χ1n) is 15.9. The number of hydrogen-bond acceptors (Lipinski definition) is 6. The molecule has 4 aromatic rings. The Kier molecular flexibility index (Phi) is 12.8. The van der Waals surface area contributed by atoms with Gasteiger partial charge in [0.05, 0.1) is 36.4 Å². The van der Waals surface area contributed by atoms with Gasteiger partial charge in [-0.05, 0) is 80.2 Å². The molecule has 0 fully saturated rings. The maximum Gasteiger partial charge on any atom is 0.416 e. The summed E-state index contributed by atoms with van der Waals surface area (Å²) < 4.78 is 49.7. The summed E-state index contributed by atoms with van der Waals surface area (Å²) in [5, 5.41) is 12.0. The van der Waals surface area contributed by atoms with Crippen LogP contribution in [0.15, 0.2) is 91.0 Å². The Morgan fingerprint density at radius 3 is 2.29 bits per heavy atom. The van der Waals surface area contributed by atoms with E-state index in [0.717, 1.165) is 35.7 Å². The summed E-state index contributed by atoms with van der Waals surface area (Å²) in [6.45, 7) is 5.68. The zero-order chi connectivity index (χ0) is 35.6. The molecule has 4 aromatic carbocycles. The van der Waals surface area contributed by atoms with Crippen molar-refractivity contribution in [3.63, 3.8) is 0 Å². The number of para-hydroxylation sites is 2. The van der Waals surface area contributed by atoms with Crippen molar-refractivity contribution in [2.24, 2.45) is 5.92 Å². The second-order valence-electron chi connectivity index (χ2n) is 12.2. The lowest BCUT2D eigenvalue weighted by Crippen LogP contribution is -2.40. The molecule has 2 amide bonds. The van der Waals surface area contributed by atoms with Crippen LogP contribution >= 0.6 is 0 Å². The Morgan fingerprint density at radius 2 is 1.65 bits per heavy atom. The van der Waals surface area contributed by atoms with Crippen molar-refractivity contribution < 1.29 is 37.3 Å². The Labute approximate surface area is 285 Å². The Morgan fingerprint density at radius 1 is 0.980 bits per heavy atom. The molecule has 0 saturated carbocycles. The third kappa shape index (κ3) is 10.8. The minimum absolute atomic E-state index is 0.0135. The first-order valence-corrected chi connectivity index (χ1v) is 15.9. The zero-order valence-corrected chi connectivity index (χ0v) is 28.1. The molecule has 1 aliphatic heterocycles. The number of aliphatic hydroxyl groups excluding tert-OH is 1. The van der Waals surface area contributed by atoms with E-state index in [9.17, 15) is 27.9 Å². The standard InChI is InChI=1S/C22H23F3N2O4.C16H19NO/c1-14-12-27(9-10-28)21(30)17-3-2-4-18(20(17)31-13-14)26-19(29)11-15-5-7-16(8-6-15)22(23,24)25;1-13-6-4-5-7-16(13)18-15-10-8-14(9-11-15)12-17(2)3/h2-8,14,28H,9-13H2,1H3,(H,26,29);4-11H,12H2,1-3H3/t14-;/m1./s1. The molecule has 5 rings (SSSR count). The van der Waals surface area contributed by atoms with Crippen LogP contribution in [0.3, 0.4) is 0 Å². The van der Waals surface area contributed by atoms with Gasteiger partial charge in [0.25, 0.3) is 5.91 Å². The number of carbonyl (C=O) groups excluding carboxylic acids is 2. The van der Waals surface area contributed by atoms with E-state index >= 15 is 0 Å². The van der Waals surface area contributed by atoms with E-state index < -0.39 is 17.6 Å². The molecular weight excluding hydrogens is 635 g/mol. The van der Waals surface area contributed by atoms with Gasteiger partial charge in [0.15, 0.2) is 5.75 Å². The fraction of sp³-hybridized carbons (Fsp3) is 0.316. The van der Waals surface area contributed by atoms with Crippen molar-refractivity contribution in [1.82, 2.24) is 9.80 Å². The van der Waals surface area contributed by atoms with Crippen LogP contribution in [-0.2, 0) is 23.9 Å². The lowest BCUT2D eigenvalue weighted by molar-refractivity contribution is -0.137. The number of nitrogens with one attached hydrogen (secondary N) is 1. The summed E-state index contributed by atoms with van der Waals surface area (Å²) in [5.74, 6) is 1.29. The van der Waals surface area contributed by atoms with Crippen molar-refractivity contribution >= 4 is 17.5 Å². The van der Waals surface area contributed by atoms with Crippen molar-refractivity contribution in [2.75, 3.05) is 45.7 Å².